The Hall–Kier alpha value is -3.97. The average molecular weight is 696 g/mol. The van der Waals surface area contributed by atoms with E-state index in [0.717, 1.165) is 30.4 Å². The summed E-state index contributed by atoms with van der Waals surface area (Å²) in [5.41, 5.74) is 2.54. The fraction of sp³-hybridized carbons (Fsp3) is 0.459. The summed E-state index contributed by atoms with van der Waals surface area (Å²) < 4.78 is 41.8. The third-order valence-corrected chi connectivity index (χ3v) is 10.2. The van der Waals surface area contributed by atoms with Crippen molar-refractivity contribution >= 4 is 27.6 Å². The SMILES string of the molecule is Cc1ccc(S(=O)(=O)Nc2ccc3c(c2)C(=O)N([C@@H](C)CO)C[C@@H](C)[C@H](CN(C)Cc2ccc(C(=O)O)cc2)OCCCC[C@H](C)O3)cc1. The first-order valence-corrected chi connectivity index (χ1v) is 18.2. The van der Waals surface area contributed by atoms with Crippen LogP contribution in [-0.4, -0.2) is 91.9 Å². The number of anilines is 1. The fourth-order valence-electron chi connectivity index (χ4n) is 5.82. The quantitative estimate of drug-likeness (QED) is 0.253. The Morgan fingerprint density at radius 2 is 1.76 bits per heavy atom. The molecule has 0 spiro atoms. The van der Waals surface area contributed by atoms with Crippen LogP contribution in [0.1, 0.15) is 71.9 Å². The van der Waals surface area contributed by atoms with E-state index in [4.69, 9.17) is 9.47 Å². The number of hydrogen-bond acceptors (Lipinski definition) is 8. The summed E-state index contributed by atoms with van der Waals surface area (Å²) in [4.78, 5) is 29.5. The number of aryl methyl sites for hydroxylation is 1. The molecule has 1 aliphatic rings. The molecule has 0 aliphatic carbocycles. The van der Waals surface area contributed by atoms with E-state index >= 15 is 0 Å². The second kappa shape index (κ2) is 17.1. The van der Waals surface area contributed by atoms with E-state index in [1.807, 2.05) is 27.8 Å². The van der Waals surface area contributed by atoms with Crippen molar-refractivity contribution in [3.63, 3.8) is 0 Å². The third-order valence-electron chi connectivity index (χ3n) is 8.78. The first-order valence-electron chi connectivity index (χ1n) is 16.7. The highest BCUT2D eigenvalue weighted by molar-refractivity contribution is 7.92. The lowest BCUT2D eigenvalue weighted by atomic mass is 10.0. The molecular weight excluding hydrogens is 646 g/mol. The predicted molar refractivity (Wildman–Crippen MR) is 189 cm³/mol. The molecule has 0 bridgehead atoms. The van der Waals surface area contributed by atoms with Crippen LogP contribution in [-0.2, 0) is 21.3 Å². The molecule has 4 atom stereocenters. The van der Waals surface area contributed by atoms with Gasteiger partial charge in [-0.3, -0.25) is 14.4 Å². The molecule has 1 aliphatic heterocycles. The second-order valence-corrected chi connectivity index (χ2v) is 14.8. The number of rotatable bonds is 10. The molecule has 12 heteroatoms. The molecule has 0 unspecified atom stereocenters. The molecule has 266 valence electrons. The summed E-state index contributed by atoms with van der Waals surface area (Å²) in [6.45, 7) is 9.25. The lowest BCUT2D eigenvalue weighted by Gasteiger charge is -2.36. The number of likely N-dealkylation sites (N-methyl/N-ethyl adjacent to an activating group) is 1. The van der Waals surface area contributed by atoms with Gasteiger partial charge >= 0.3 is 5.97 Å². The van der Waals surface area contributed by atoms with E-state index in [2.05, 4.69) is 9.62 Å². The van der Waals surface area contributed by atoms with Crippen molar-refractivity contribution < 1.29 is 37.7 Å². The zero-order chi connectivity index (χ0) is 35.7. The van der Waals surface area contributed by atoms with Crippen molar-refractivity contribution in [2.24, 2.45) is 5.92 Å². The molecule has 0 saturated heterocycles. The van der Waals surface area contributed by atoms with Crippen molar-refractivity contribution in [3.8, 4) is 5.75 Å². The van der Waals surface area contributed by atoms with Crippen LogP contribution in [0, 0.1) is 12.8 Å². The highest BCUT2D eigenvalue weighted by atomic mass is 32.2. The Kier molecular flexibility index (Phi) is 13.2. The fourth-order valence-corrected chi connectivity index (χ4v) is 6.87. The first-order chi connectivity index (χ1) is 23.3. The van der Waals surface area contributed by atoms with Crippen LogP contribution in [0.25, 0.3) is 0 Å². The van der Waals surface area contributed by atoms with Gasteiger partial charge in [0.25, 0.3) is 15.9 Å². The minimum absolute atomic E-state index is 0.104. The Morgan fingerprint density at radius 1 is 1.06 bits per heavy atom. The lowest BCUT2D eigenvalue weighted by Crippen LogP contribution is -2.47. The number of aliphatic hydroxyl groups is 1. The number of carboxylic acids is 1. The Labute approximate surface area is 289 Å². The number of aliphatic hydroxyl groups excluding tert-OH is 1. The largest absolute Gasteiger partial charge is 0.490 e. The Morgan fingerprint density at radius 3 is 2.41 bits per heavy atom. The number of sulfonamides is 1. The number of fused-ring (bicyclic) bond motifs is 1. The molecule has 0 saturated carbocycles. The summed E-state index contributed by atoms with van der Waals surface area (Å²) in [5, 5.41) is 19.5. The maximum Gasteiger partial charge on any atom is 0.335 e. The standard InChI is InChI=1S/C37H49N3O8S/c1-25-9-16-32(17-10-25)49(45,46)38-31-15-18-34-33(20-31)36(42)40(27(3)24-41)21-26(2)35(47-19-7-6-8-28(4)48-34)23-39(5)22-29-11-13-30(14-12-29)37(43)44/h9-18,20,26-28,35,38,41H,6-8,19,21-24H2,1-5H3,(H,43,44)/t26-,27+,28+,35+/m1/s1. The topological polar surface area (TPSA) is 146 Å². The number of ether oxygens (including phenoxy) is 2. The van der Waals surface area contributed by atoms with Crippen LogP contribution in [0.2, 0.25) is 0 Å². The normalized spacial score (nSPS) is 20.2. The van der Waals surface area contributed by atoms with Gasteiger partial charge in [-0.1, -0.05) is 36.8 Å². The molecule has 1 amide bonds. The summed E-state index contributed by atoms with van der Waals surface area (Å²) in [6, 6.07) is 17.5. The van der Waals surface area contributed by atoms with Crippen molar-refractivity contribution in [1.82, 2.24) is 9.80 Å². The molecule has 0 aromatic heterocycles. The number of nitrogens with one attached hydrogen (secondary N) is 1. The van der Waals surface area contributed by atoms with Gasteiger partial charge < -0.3 is 24.6 Å². The van der Waals surface area contributed by atoms with Gasteiger partial charge in [-0.15, -0.1) is 0 Å². The maximum absolute atomic E-state index is 14.4. The summed E-state index contributed by atoms with van der Waals surface area (Å²) in [6.07, 6.45) is 1.91. The van der Waals surface area contributed by atoms with Gasteiger partial charge in [-0.25, -0.2) is 13.2 Å². The number of aromatic carboxylic acids is 1. The zero-order valence-corrected chi connectivity index (χ0v) is 29.8. The van der Waals surface area contributed by atoms with Gasteiger partial charge in [0.05, 0.1) is 40.9 Å². The van der Waals surface area contributed by atoms with Crippen LogP contribution in [0.5, 0.6) is 5.75 Å². The van der Waals surface area contributed by atoms with E-state index in [1.54, 1.807) is 60.4 Å². The van der Waals surface area contributed by atoms with Crippen molar-refractivity contribution in [1.29, 1.82) is 0 Å². The van der Waals surface area contributed by atoms with Crippen molar-refractivity contribution in [3.05, 3.63) is 89.0 Å². The number of carbonyl (C=O) groups excluding carboxylic acids is 1. The van der Waals surface area contributed by atoms with Crippen LogP contribution >= 0.6 is 0 Å². The second-order valence-electron chi connectivity index (χ2n) is 13.1. The number of benzene rings is 3. The first kappa shape index (κ1) is 37.8. The maximum atomic E-state index is 14.4. The highest BCUT2D eigenvalue weighted by Crippen LogP contribution is 2.29. The highest BCUT2D eigenvalue weighted by Gasteiger charge is 2.31. The molecule has 3 aromatic carbocycles. The van der Waals surface area contributed by atoms with Crippen LogP contribution in [0.3, 0.4) is 0 Å². The Balaban J connectivity index is 1.62. The number of carbonyl (C=O) groups is 2. The van der Waals surface area contributed by atoms with Gasteiger partial charge in [-0.2, -0.15) is 0 Å². The molecule has 11 nitrogen and oxygen atoms in total. The van der Waals surface area contributed by atoms with Crippen LogP contribution < -0.4 is 9.46 Å². The monoisotopic (exact) mass is 695 g/mol. The van der Waals surface area contributed by atoms with Gasteiger partial charge in [0.1, 0.15) is 5.75 Å². The van der Waals surface area contributed by atoms with E-state index in [0.29, 0.717) is 25.4 Å². The van der Waals surface area contributed by atoms with Gasteiger partial charge in [0.2, 0.25) is 0 Å². The minimum atomic E-state index is -3.93. The molecular formula is C37H49N3O8S. The number of hydrogen-bond donors (Lipinski definition) is 3. The molecule has 4 rings (SSSR count). The third kappa shape index (κ3) is 10.5. The molecule has 1 heterocycles. The van der Waals surface area contributed by atoms with Gasteiger partial charge in [0.15, 0.2) is 0 Å². The number of carboxylic acid groups (broad SMARTS) is 1. The van der Waals surface area contributed by atoms with E-state index < -0.39 is 27.9 Å². The average Bonchev–Trinajstić information content (AvgIpc) is 3.06. The molecule has 0 fully saturated rings. The molecule has 49 heavy (non-hydrogen) atoms. The summed E-state index contributed by atoms with van der Waals surface area (Å²) >= 11 is 0. The van der Waals surface area contributed by atoms with Crippen molar-refractivity contribution in [2.45, 2.75) is 76.6 Å². The van der Waals surface area contributed by atoms with Crippen LogP contribution in [0.4, 0.5) is 5.69 Å². The number of nitrogens with zero attached hydrogens (tertiary/aromatic N) is 2. The van der Waals surface area contributed by atoms with E-state index in [-0.39, 0.29) is 53.0 Å². The van der Waals surface area contributed by atoms with E-state index in [9.17, 15) is 28.2 Å². The van der Waals surface area contributed by atoms with Gasteiger partial charge in [-0.05, 0) is 95.1 Å². The molecule has 0 radical (unpaired) electrons. The van der Waals surface area contributed by atoms with E-state index in [1.165, 1.54) is 18.2 Å². The zero-order valence-electron chi connectivity index (χ0n) is 29.0. The van der Waals surface area contributed by atoms with Gasteiger partial charge in [0, 0.05) is 37.8 Å². The lowest BCUT2D eigenvalue weighted by molar-refractivity contribution is -0.0177. The smallest absolute Gasteiger partial charge is 0.335 e. The molecule has 3 aromatic rings. The molecule has 3 N–H and O–H groups in total. The Bertz CT molecular complexity index is 1660. The predicted octanol–water partition coefficient (Wildman–Crippen LogP) is 5.42. The number of amides is 1. The van der Waals surface area contributed by atoms with Crippen molar-refractivity contribution in [2.75, 3.05) is 38.1 Å². The summed E-state index contributed by atoms with van der Waals surface area (Å²) in [7, 11) is -1.96. The van der Waals surface area contributed by atoms with Crippen LogP contribution in [0.15, 0.2) is 71.6 Å². The summed E-state index contributed by atoms with van der Waals surface area (Å²) in [5.74, 6) is -1.17. The minimum Gasteiger partial charge on any atom is -0.490 e.